The molecule has 1 aromatic rings. The fourth-order valence-electron chi connectivity index (χ4n) is 1.73. The summed E-state index contributed by atoms with van der Waals surface area (Å²) in [4.78, 5) is 11.1. The van der Waals surface area contributed by atoms with Crippen LogP contribution in [-0.4, -0.2) is 20.4 Å². The summed E-state index contributed by atoms with van der Waals surface area (Å²) in [5, 5.41) is 0. The number of hydrogen-bond donors (Lipinski definition) is 0. The number of rotatable bonds is 0. The zero-order valence-corrected chi connectivity index (χ0v) is 9.33. The van der Waals surface area contributed by atoms with Crippen molar-refractivity contribution in [3.63, 3.8) is 0 Å². The van der Waals surface area contributed by atoms with Gasteiger partial charge in [0.1, 0.15) is 5.82 Å². The molecule has 0 atom stereocenters. The first-order chi connectivity index (χ1) is 6.47. The van der Waals surface area contributed by atoms with Gasteiger partial charge in [-0.3, -0.25) is 4.90 Å². The van der Waals surface area contributed by atoms with Crippen molar-refractivity contribution in [1.29, 1.82) is 0 Å². The van der Waals surface area contributed by atoms with Gasteiger partial charge in [-0.15, -0.1) is 0 Å². The Morgan fingerprint density at radius 2 is 2.00 bits per heavy atom. The number of nitrogens with zero attached hydrogens (tertiary/aromatic N) is 3. The third kappa shape index (κ3) is 1.64. The van der Waals surface area contributed by atoms with Gasteiger partial charge in [0, 0.05) is 30.4 Å². The van der Waals surface area contributed by atoms with Crippen molar-refractivity contribution in [2.75, 3.05) is 0 Å². The van der Waals surface area contributed by atoms with Crippen LogP contribution >= 0.6 is 0 Å². The predicted molar refractivity (Wildman–Crippen MR) is 55.8 cm³/mol. The molecule has 0 saturated heterocycles. The van der Waals surface area contributed by atoms with Crippen LogP contribution in [0.2, 0.25) is 0 Å². The second-order valence-electron chi connectivity index (χ2n) is 4.92. The van der Waals surface area contributed by atoms with Gasteiger partial charge in [0.05, 0.1) is 5.69 Å². The summed E-state index contributed by atoms with van der Waals surface area (Å²) in [5.74, 6) is 0.875. The number of fused-ring (bicyclic) bond motifs is 1. The average molecular weight is 191 g/mol. The van der Waals surface area contributed by atoms with Gasteiger partial charge in [-0.05, 0) is 27.7 Å². The van der Waals surface area contributed by atoms with Crippen LogP contribution in [-0.2, 0) is 13.1 Å². The van der Waals surface area contributed by atoms with Crippen molar-refractivity contribution in [3.8, 4) is 0 Å². The lowest BCUT2D eigenvalue weighted by Crippen LogP contribution is -2.36. The summed E-state index contributed by atoms with van der Waals surface area (Å²) in [6, 6.07) is 0. The molecule has 14 heavy (non-hydrogen) atoms. The molecule has 1 aliphatic heterocycles. The molecule has 0 amide bonds. The van der Waals surface area contributed by atoms with Crippen molar-refractivity contribution >= 4 is 0 Å². The number of aryl methyl sites for hydroxylation is 1. The van der Waals surface area contributed by atoms with Gasteiger partial charge in [-0.25, -0.2) is 9.97 Å². The third-order valence-electron chi connectivity index (χ3n) is 2.73. The van der Waals surface area contributed by atoms with Crippen LogP contribution in [0, 0.1) is 6.92 Å². The normalized spacial score (nSPS) is 17.1. The highest BCUT2D eigenvalue weighted by atomic mass is 15.2. The van der Waals surface area contributed by atoms with E-state index in [0.29, 0.717) is 0 Å². The van der Waals surface area contributed by atoms with E-state index < -0.39 is 0 Å². The lowest BCUT2D eigenvalue weighted by Gasteiger charge is -2.30. The highest BCUT2D eigenvalue weighted by Gasteiger charge is 2.28. The molecule has 1 aromatic heterocycles. The van der Waals surface area contributed by atoms with Crippen LogP contribution in [0.3, 0.4) is 0 Å². The van der Waals surface area contributed by atoms with E-state index in [2.05, 4.69) is 35.6 Å². The summed E-state index contributed by atoms with van der Waals surface area (Å²) >= 11 is 0. The predicted octanol–water partition coefficient (Wildman–Crippen LogP) is 1.90. The van der Waals surface area contributed by atoms with Crippen LogP contribution in [0.1, 0.15) is 37.9 Å². The van der Waals surface area contributed by atoms with E-state index in [-0.39, 0.29) is 5.54 Å². The highest BCUT2D eigenvalue weighted by Crippen LogP contribution is 2.27. The summed E-state index contributed by atoms with van der Waals surface area (Å²) in [7, 11) is 0. The maximum Gasteiger partial charge on any atom is 0.125 e. The topological polar surface area (TPSA) is 29.0 Å². The van der Waals surface area contributed by atoms with E-state index >= 15 is 0 Å². The van der Waals surface area contributed by atoms with Crippen molar-refractivity contribution in [2.45, 2.75) is 46.3 Å². The Hall–Kier alpha value is -0.960. The van der Waals surface area contributed by atoms with Gasteiger partial charge >= 0.3 is 0 Å². The molecule has 0 bridgehead atoms. The zero-order chi connectivity index (χ0) is 10.3. The Bertz CT molecular complexity index is 352. The third-order valence-corrected chi connectivity index (χ3v) is 2.73. The van der Waals surface area contributed by atoms with Crippen molar-refractivity contribution in [3.05, 3.63) is 23.3 Å². The Morgan fingerprint density at radius 1 is 1.29 bits per heavy atom. The minimum Gasteiger partial charge on any atom is -0.288 e. The average Bonchev–Trinajstić information content (AvgIpc) is 2.45. The molecule has 2 rings (SSSR count). The first-order valence-corrected chi connectivity index (χ1v) is 5.03. The van der Waals surface area contributed by atoms with Gasteiger partial charge in [-0.1, -0.05) is 0 Å². The molecular weight excluding hydrogens is 174 g/mol. The van der Waals surface area contributed by atoms with Crippen molar-refractivity contribution in [2.24, 2.45) is 0 Å². The van der Waals surface area contributed by atoms with Crippen LogP contribution in [0.4, 0.5) is 0 Å². The lowest BCUT2D eigenvalue weighted by molar-refractivity contribution is 0.135. The van der Waals surface area contributed by atoms with Gasteiger partial charge < -0.3 is 0 Å². The molecule has 0 aliphatic carbocycles. The number of hydrogen-bond acceptors (Lipinski definition) is 3. The van der Waals surface area contributed by atoms with E-state index in [4.69, 9.17) is 0 Å². The van der Waals surface area contributed by atoms with E-state index in [0.717, 1.165) is 18.9 Å². The second kappa shape index (κ2) is 3.02. The molecule has 0 aromatic carbocycles. The molecule has 0 fully saturated rings. The summed E-state index contributed by atoms with van der Waals surface area (Å²) in [6.07, 6.45) is 1.96. The van der Waals surface area contributed by atoms with Gasteiger partial charge in [0.25, 0.3) is 0 Å². The quantitative estimate of drug-likeness (QED) is 0.627. The molecule has 0 saturated carbocycles. The maximum absolute atomic E-state index is 4.46. The largest absolute Gasteiger partial charge is 0.288 e. The van der Waals surface area contributed by atoms with E-state index in [1.807, 2.05) is 13.1 Å². The van der Waals surface area contributed by atoms with E-state index in [1.54, 1.807) is 0 Å². The lowest BCUT2D eigenvalue weighted by atomic mass is 10.1. The first-order valence-electron chi connectivity index (χ1n) is 5.03. The molecule has 0 radical (unpaired) electrons. The molecule has 0 spiro atoms. The first kappa shape index (κ1) is 9.59. The molecule has 3 heteroatoms. The molecule has 2 heterocycles. The molecular formula is C11H17N3. The summed E-state index contributed by atoms with van der Waals surface area (Å²) in [5.41, 5.74) is 2.70. The SMILES string of the molecule is Cc1ncc2c(n1)CN(C(C)(C)C)C2. The van der Waals surface area contributed by atoms with E-state index in [1.165, 1.54) is 11.3 Å². The smallest absolute Gasteiger partial charge is 0.125 e. The molecule has 1 aliphatic rings. The van der Waals surface area contributed by atoms with Crippen LogP contribution in [0.25, 0.3) is 0 Å². The minimum atomic E-state index is 0.217. The monoisotopic (exact) mass is 191 g/mol. The summed E-state index contributed by atoms with van der Waals surface area (Å²) < 4.78 is 0. The Labute approximate surface area is 85.2 Å². The van der Waals surface area contributed by atoms with Gasteiger partial charge in [-0.2, -0.15) is 0 Å². The second-order valence-corrected chi connectivity index (χ2v) is 4.92. The molecule has 0 N–H and O–H groups in total. The van der Waals surface area contributed by atoms with Gasteiger partial charge in [0.2, 0.25) is 0 Å². The molecule has 76 valence electrons. The highest BCUT2D eigenvalue weighted by molar-refractivity contribution is 5.22. The number of aromatic nitrogens is 2. The maximum atomic E-state index is 4.46. The van der Waals surface area contributed by atoms with Crippen LogP contribution in [0.15, 0.2) is 6.20 Å². The minimum absolute atomic E-state index is 0.217. The van der Waals surface area contributed by atoms with Crippen molar-refractivity contribution < 1.29 is 0 Å². The van der Waals surface area contributed by atoms with Gasteiger partial charge in [0.15, 0.2) is 0 Å². The molecule has 3 nitrogen and oxygen atoms in total. The molecule has 0 unspecified atom stereocenters. The Balaban J connectivity index is 2.26. The van der Waals surface area contributed by atoms with Crippen LogP contribution < -0.4 is 0 Å². The van der Waals surface area contributed by atoms with E-state index in [9.17, 15) is 0 Å². The standard InChI is InChI=1S/C11H17N3/c1-8-12-5-9-6-14(11(2,3)4)7-10(9)13-8/h5H,6-7H2,1-4H3. The summed E-state index contributed by atoms with van der Waals surface area (Å²) in [6.45, 7) is 10.6. The van der Waals surface area contributed by atoms with Crippen LogP contribution in [0.5, 0.6) is 0 Å². The Kier molecular flexibility index (Phi) is 2.07. The Morgan fingerprint density at radius 3 is 2.64 bits per heavy atom. The zero-order valence-electron chi connectivity index (χ0n) is 9.33. The van der Waals surface area contributed by atoms with Crippen molar-refractivity contribution in [1.82, 2.24) is 14.9 Å². The fraction of sp³-hybridized carbons (Fsp3) is 0.636. The fourth-order valence-corrected chi connectivity index (χ4v) is 1.73.